The van der Waals surface area contributed by atoms with Gasteiger partial charge in [-0.1, -0.05) is 18.5 Å². The molecular formula is C11H10ClNO. The van der Waals surface area contributed by atoms with Crippen LogP contribution in [0.1, 0.15) is 12.5 Å². The molecule has 2 nitrogen and oxygen atoms in total. The molecule has 0 saturated heterocycles. The van der Waals surface area contributed by atoms with E-state index in [0.29, 0.717) is 5.15 Å². The third-order valence-corrected chi connectivity index (χ3v) is 2.54. The van der Waals surface area contributed by atoms with Gasteiger partial charge in [0.05, 0.1) is 5.52 Å². The third-order valence-electron chi connectivity index (χ3n) is 2.21. The molecule has 2 rings (SSSR count). The van der Waals surface area contributed by atoms with Gasteiger partial charge in [-0.05, 0) is 30.2 Å². The molecule has 0 saturated carbocycles. The van der Waals surface area contributed by atoms with Crippen LogP contribution in [0.4, 0.5) is 0 Å². The molecule has 0 radical (unpaired) electrons. The summed E-state index contributed by atoms with van der Waals surface area (Å²) < 4.78 is 0. The highest BCUT2D eigenvalue weighted by Crippen LogP contribution is 2.23. The number of hydrogen-bond acceptors (Lipinski definition) is 2. The maximum absolute atomic E-state index is 9.26. The Kier molecular flexibility index (Phi) is 2.30. The van der Waals surface area contributed by atoms with Crippen molar-refractivity contribution in [1.29, 1.82) is 0 Å². The van der Waals surface area contributed by atoms with E-state index < -0.39 is 0 Å². The molecule has 0 aliphatic rings. The van der Waals surface area contributed by atoms with Crippen LogP contribution < -0.4 is 0 Å². The first kappa shape index (κ1) is 9.28. The second-order valence-corrected chi connectivity index (χ2v) is 3.53. The van der Waals surface area contributed by atoms with Gasteiger partial charge < -0.3 is 5.11 Å². The van der Waals surface area contributed by atoms with Crippen molar-refractivity contribution >= 4 is 22.5 Å². The lowest BCUT2D eigenvalue weighted by molar-refractivity contribution is 0.476. The Bertz CT molecular complexity index is 482. The fourth-order valence-corrected chi connectivity index (χ4v) is 1.70. The van der Waals surface area contributed by atoms with Crippen molar-refractivity contribution < 1.29 is 5.11 Å². The number of nitrogens with zero attached hydrogens (tertiary/aromatic N) is 1. The molecule has 0 aliphatic heterocycles. The molecule has 0 bridgehead atoms. The Hall–Kier alpha value is -1.28. The van der Waals surface area contributed by atoms with Gasteiger partial charge in [0.25, 0.3) is 0 Å². The first-order valence-corrected chi connectivity index (χ1v) is 4.86. The fraction of sp³-hybridized carbons (Fsp3) is 0.182. The maximum Gasteiger partial charge on any atom is 0.132 e. The van der Waals surface area contributed by atoms with Crippen molar-refractivity contribution in [2.24, 2.45) is 0 Å². The van der Waals surface area contributed by atoms with Gasteiger partial charge in [0.15, 0.2) is 0 Å². The number of benzene rings is 1. The van der Waals surface area contributed by atoms with E-state index in [4.69, 9.17) is 11.6 Å². The molecule has 0 unspecified atom stereocenters. The molecule has 1 heterocycles. The number of halogens is 1. The van der Waals surface area contributed by atoms with E-state index in [1.165, 1.54) is 0 Å². The van der Waals surface area contributed by atoms with Crippen LogP contribution in [0.2, 0.25) is 5.15 Å². The van der Waals surface area contributed by atoms with Crippen molar-refractivity contribution in [2.45, 2.75) is 13.3 Å². The number of aryl methyl sites for hydroxylation is 1. The Morgan fingerprint density at radius 3 is 2.86 bits per heavy atom. The molecule has 0 spiro atoms. The molecular weight excluding hydrogens is 198 g/mol. The summed E-state index contributed by atoms with van der Waals surface area (Å²) in [5.74, 6) is 0.213. The van der Waals surface area contributed by atoms with Crippen LogP contribution in [0.3, 0.4) is 0 Å². The monoisotopic (exact) mass is 207 g/mol. The SMILES string of the molecule is CCc1cc2ccc(O)cc2nc1Cl. The molecule has 72 valence electrons. The van der Waals surface area contributed by atoms with Gasteiger partial charge in [-0.25, -0.2) is 4.98 Å². The second-order valence-electron chi connectivity index (χ2n) is 3.17. The highest BCUT2D eigenvalue weighted by molar-refractivity contribution is 6.30. The van der Waals surface area contributed by atoms with Crippen molar-refractivity contribution in [2.75, 3.05) is 0 Å². The van der Waals surface area contributed by atoms with Gasteiger partial charge in [0.2, 0.25) is 0 Å². The topological polar surface area (TPSA) is 33.1 Å². The van der Waals surface area contributed by atoms with Crippen LogP contribution >= 0.6 is 11.6 Å². The highest BCUT2D eigenvalue weighted by Gasteiger charge is 2.03. The highest BCUT2D eigenvalue weighted by atomic mass is 35.5. The van der Waals surface area contributed by atoms with Crippen LogP contribution in [0.15, 0.2) is 24.3 Å². The van der Waals surface area contributed by atoms with E-state index in [1.54, 1.807) is 12.1 Å². The van der Waals surface area contributed by atoms with Crippen LogP contribution in [-0.4, -0.2) is 10.1 Å². The van der Waals surface area contributed by atoms with Gasteiger partial charge in [0, 0.05) is 11.5 Å². The number of hydrogen-bond donors (Lipinski definition) is 1. The minimum atomic E-state index is 0.213. The molecule has 0 fully saturated rings. The summed E-state index contributed by atoms with van der Waals surface area (Å²) in [4.78, 5) is 4.21. The minimum absolute atomic E-state index is 0.213. The summed E-state index contributed by atoms with van der Waals surface area (Å²) >= 11 is 5.96. The van der Waals surface area contributed by atoms with Gasteiger partial charge in [-0.15, -0.1) is 0 Å². The third kappa shape index (κ3) is 1.53. The number of aromatic nitrogens is 1. The minimum Gasteiger partial charge on any atom is -0.508 e. The smallest absolute Gasteiger partial charge is 0.132 e. The van der Waals surface area contributed by atoms with Crippen molar-refractivity contribution in [3.63, 3.8) is 0 Å². The summed E-state index contributed by atoms with van der Waals surface area (Å²) in [5.41, 5.74) is 1.76. The lowest BCUT2D eigenvalue weighted by Gasteiger charge is -2.03. The van der Waals surface area contributed by atoms with Gasteiger partial charge >= 0.3 is 0 Å². The zero-order chi connectivity index (χ0) is 10.1. The van der Waals surface area contributed by atoms with Crippen LogP contribution in [0, 0.1) is 0 Å². The first-order chi connectivity index (χ1) is 6.70. The van der Waals surface area contributed by atoms with E-state index in [9.17, 15) is 5.11 Å². The zero-order valence-corrected chi connectivity index (χ0v) is 8.54. The van der Waals surface area contributed by atoms with Crippen LogP contribution in [0.25, 0.3) is 10.9 Å². The number of rotatable bonds is 1. The normalized spacial score (nSPS) is 10.7. The Balaban J connectivity index is 2.73. The number of pyridine rings is 1. The summed E-state index contributed by atoms with van der Waals surface area (Å²) in [6.07, 6.45) is 0.864. The summed E-state index contributed by atoms with van der Waals surface area (Å²) in [5, 5.41) is 10.8. The van der Waals surface area contributed by atoms with Crippen molar-refractivity contribution in [3.05, 3.63) is 35.0 Å². The Morgan fingerprint density at radius 2 is 2.14 bits per heavy atom. The Morgan fingerprint density at radius 1 is 1.36 bits per heavy atom. The summed E-state index contributed by atoms with van der Waals surface area (Å²) in [6.45, 7) is 2.04. The Labute approximate surface area is 87.2 Å². The van der Waals surface area contributed by atoms with Crippen molar-refractivity contribution in [3.8, 4) is 5.75 Å². The van der Waals surface area contributed by atoms with E-state index in [2.05, 4.69) is 4.98 Å². The molecule has 0 aliphatic carbocycles. The predicted octanol–water partition coefficient (Wildman–Crippen LogP) is 3.16. The molecule has 3 heteroatoms. The van der Waals surface area contributed by atoms with E-state index in [0.717, 1.165) is 22.9 Å². The molecule has 2 aromatic rings. The number of phenols is 1. The molecule has 0 amide bonds. The van der Waals surface area contributed by atoms with Crippen LogP contribution in [0.5, 0.6) is 5.75 Å². The lowest BCUT2D eigenvalue weighted by Crippen LogP contribution is -1.87. The fourth-order valence-electron chi connectivity index (χ4n) is 1.42. The maximum atomic E-state index is 9.26. The van der Waals surface area contributed by atoms with E-state index >= 15 is 0 Å². The molecule has 1 N–H and O–H groups in total. The van der Waals surface area contributed by atoms with Gasteiger partial charge in [0.1, 0.15) is 10.9 Å². The van der Waals surface area contributed by atoms with Gasteiger partial charge in [-0.3, -0.25) is 0 Å². The average Bonchev–Trinajstić information content (AvgIpc) is 2.16. The molecule has 14 heavy (non-hydrogen) atoms. The zero-order valence-electron chi connectivity index (χ0n) is 7.79. The average molecular weight is 208 g/mol. The number of phenolic OH excluding ortho intramolecular Hbond substituents is 1. The van der Waals surface area contributed by atoms with E-state index in [-0.39, 0.29) is 5.75 Å². The molecule has 1 aromatic carbocycles. The number of fused-ring (bicyclic) bond motifs is 1. The van der Waals surface area contributed by atoms with Crippen LogP contribution in [-0.2, 0) is 6.42 Å². The van der Waals surface area contributed by atoms with Gasteiger partial charge in [-0.2, -0.15) is 0 Å². The quantitative estimate of drug-likeness (QED) is 0.729. The summed E-state index contributed by atoms with van der Waals surface area (Å²) in [7, 11) is 0. The largest absolute Gasteiger partial charge is 0.508 e. The van der Waals surface area contributed by atoms with E-state index in [1.807, 2.05) is 19.1 Å². The second kappa shape index (κ2) is 3.46. The standard InChI is InChI=1S/C11H10ClNO/c1-2-7-5-8-3-4-9(14)6-10(8)13-11(7)12/h3-6,14H,2H2,1H3. The van der Waals surface area contributed by atoms with Crippen molar-refractivity contribution in [1.82, 2.24) is 4.98 Å². The summed E-state index contributed by atoms with van der Waals surface area (Å²) in [6, 6.07) is 7.11. The molecule has 1 aromatic heterocycles. The predicted molar refractivity (Wildman–Crippen MR) is 57.8 cm³/mol. The lowest BCUT2D eigenvalue weighted by atomic mass is 10.1. The molecule has 0 atom stereocenters. The number of aromatic hydroxyl groups is 1. The first-order valence-electron chi connectivity index (χ1n) is 4.49.